The van der Waals surface area contributed by atoms with Crippen molar-refractivity contribution in [1.29, 1.82) is 0 Å². The Morgan fingerprint density at radius 3 is 2.21 bits per heavy atom. The van der Waals surface area contributed by atoms with Crippen LogP contribution in [0, 0.1) is 19.3 Å². The Kier molecular flexibility index (Phi) is 3.95. The normalized spacial score (nSPS) is 19.3. The molecule has 1 fully saturated rings. The molecule has 1 aliphatic rings. The molecule has 1 N–H and O–H groups in total. The predicted octanol–water partition coefficient (Wildman–Crippen LogP) is 2.99. The summed E-state index contributed by atoms with van der Waals surface area (Å²) in [6.45, 7) is 8.77. The van der Waals surface area contributed by atoms with Gasteiger partial charge in [-0.15, -0.1) is 0 Å². The molecule has 0 aromatic heterocycles. The number of piperidine rings is 1. The fourth-order valence-electron chi connectivity index (χ4n) is 2.84. The van der Waals surface area contributed by atoms with Gasteiger partial charge in [-0.25, -0.2) is 0 Å². The standard InChI is InChI=1S/C16H23NO2/c1-12-8-13(2)10-14(9-12)11-17-6-4-16(3,5-7-17)15(18)19/h8-10H,4-7,11H2,1-3H3,(H,18,19). The zero-order chi connectivity index (χ0) is 14.0. The zero-order valence-electron chi connectivity index (χ0n) is 12.1. The van der Waals surface area contributed by atoms with Gasteiger partial charge in [0, 0.05) is 6.54 Å². The van der Waals surface area contributed by atoms with Crippen molar-refractivity contribution in [3.05, 3.63) is 34.9 Å². The van der Waals surface area contributed by atoms with E-state index in [4.69, 9.17) is 0 Å². The van der Waals surface area contributed by atoms with Gasteiger partial charge < -0.3 is 5.11 Å². The summed E-state index contributed by atoms with van der Waals surface area (Å²) < 4.78 is 0. The lowest BCUT2D eigenvalue weighted by molar-refractivity contribution is -0.150. The minimum Gasteiger partial charge on any atom is -0.481 e. The Morgan fingerprint density at radius 1 is 1.21 bits per heavy atom. The van der Waals surface area contributed by atoms with Crippen LogP contribution in [-0.2, 0) is 11.3 Å². The molecule has 1 aliphatic heterocycles. The number of aryl methyl sites for hydroxylation is 2. The lowest BCUT2D eigenvalue weighted by atomic mass is 9.80. The highest BCUT2D eigenvalue weighted by Gasteiger charge is 2.36. The first-order valence-electron chi connectivity index (χ1n) is 6.92. The smallest absolute Gasteiger partial charge is 0.309 e. The second-order valence-corrected chi connectivity index (χ2v) is 6.14. The van der Waals surface area contributed by atoms with Gasteiger partial charge >= 0.3 is 5.97 Å². The fourth-order valence-corrected chi connectivity index (χ4v) is 2.84. The van der Waals surface area contributed by atoms with Crippen LogP contribution in [0.5, 0.6) is 0 Å². The summed E-state index contributed by atoms with van der Waals surface area (Å²) in [5, 5.41) is 9.23. The molecule has 104 valence electrons. The van der Waals surface area contributed by atoms with Crippen molar-refractivity contribution >= 4 is 5.97 Å². The SMILES string of the molecule is Cc1cc(C)cc(CN2CCC(C)(C(=O)O)CC2)c1. The summed E-state index contributed by atoms with van der Waals surface area (Å²) >= 11 is 0. The third-order valence-electron chi connectivity index (χ3n) is 4.16. The molecule has 1 saturated heterocycles. The quantitative estimate of drug-likeness (QED) is 0.909. The molecule has 0 spiro atoms. The van der Waals surface area contributed by atoms with Gasteiger partial charge in [0.25, 0.3) is 0 Å². The number of carbonyl (C=O) groups is 1. The Hall–Kier alpha value is -1.35. The molecule has 0 atom stereocenters. The van der Waals surface area contributed by atoms with Crippen molar-refractivity contribution < 1.29 is 9.90 Å². The van der Waals surface area contributed by atoms with E-state index in [0.717, 1.165) is 32.5 Å². The fraction of sp³-hybridized carbons (Fsp3) is 0.562. The van der Waals surface area contributed by atoms with Crippen molar-refractivity contribution in [1.82, 2.24) is 4.90 Å². The van der Waals surface area contributed by atoms with Crippen LogP contribution in [0.15, 0.2) is 18.2 Å². The van der Waals surface area contributed by atoms with E-state index in [2.05, 4.69) is 36.9 Å². The minimum atomic E-state index is -0.654. The van der Waals surface area contributed by atoms with Crippen LogP contribution in [-0.4, -0.2) is 29.1 Å². The summed E-state index contributed by atoms with van der Waals surface area (Å²) in [7, 11) is 0. The monoisotopic (exact) mass is 261 g/mol. The number of carboxylic acid groups (broad SMARTS) is 1. The predicted molar refractivity (Wildman–Crippen MR) is 76.2 cm³/mol. The molecule has 2 rings (SSSR count). The number of carboxylic acids is 1. The lowest BCUT2D eigenvalue weighted by Gasteiger charge is -2.36. The Bertz CT molecular complexity index is 453. The Labute approximate surface area is 115 Å². The molecule has 0 bridgehead atoms. The van der Waals surface area contributed by atoms with Gasteiger partial charge in [-0.3, -0.25) is 9.69 Å². The highest BCUT2D eigenvalue weighted by molar-refractivity contribution is 5.74. The molecular weight excluding hydrogens is 238 g/mol. The van der Waals surface area contributed by atoms with Crippen LogP contribution in [0.2, 0.25) is 0 Å². The molecule has 0 saturated carbocycles. The largest absolute Gasteiger partial charge is 0.481 e. The van der Waals surface area contributed by atoms with Crippen LogP contribution in [0.25, 0.3) is 0 Å². The van der Waals surface area contributed by atoms with Gasteiger partial charge in [-0.1, -0.05) is 29.3 Å². The summed E-state index contributed by atoms with van der Waals surface area (Å²) in [6.07, 6.45) is 1.49. The average Bonchev–Trinajstić information content (AvgIpc) is 2.31. The van der Waals surface area contributed by atoms with Gasteiger partial charge in [0.05, 0.1) is 5.41 Å². The van der Waals surface area contributed by atoms with Crippen molar-refractivity contribution in [2.24, 2.45) is 5.41 Å². The van der Waals surface area contributed by atoms with Crippen molar-refractivity contribution in [3.8, 4) is 0 Å². The molecule has 19 heavy (non-hydrogen) atoms. The van der Waals surface area contributed by atoms with Gasteiger partial charge in [0.15, 0.2) is 0 Å². The highest BCUT2D eigenvalue weighted by atomic mass is 16.4. The number of rotatable bonds is 3. The van der Waals surface area contributed by atoms with Crippen LogP contribution in [0.3, 0.4) is 0 Å². The molecule has 0 radical (unpaired) electrons. The Balaban J connectivity index is 1.97. The second-order valence-electron chi connectivity index (χ2n) is 6.14. The lowest BCUT2D eigenvalue weighted by Crippen LogP contribution is -2.42. The number of nitrogens with zero attached hydrogens (tertiary/aromatic N) is 1. The van der Waals surface area contributed by atoms with Crippen LogP contribution in [0.1, 0.15) is 36.5 Å². The third-order valence-corrected chi connectivity index (χ3v) is 4.16. The zero-order valence-corrected chi connectivity index (χ0v) is 12.1. The summed E-state index contributed by atoms with van der Waals surface area (Å²) in [4.78, 5) is 13.6. The second kappa shape index (κ2) is 5.33. The van der Waals surface area contributed by atoms with E-state index in [9.17, 15) is 9.90 Å². The van der Waals surface area contributed by atoms with Gasteiger partial charge in [-0.05, 0) is 52.3 Å². The van der Waals surface area contributed by atoms with Crippen LogP contribution >= 0.6 is 0 Å². The minimum absolute atomic E-state index is 0.529. The molecule has 1 aromatic rings. The average molecular weight is 261 g/mol. The van der Waals surface area contributed by atoms with Crippen molar-refractivity contribution in [2.75, 3.05) is 13.1 Å². The third kappa shape index (κ3) is 3.35. The summed E-state index contributed by atoms with van der Waals surface area (Å²) in [5.74, 6) is -0.654. The number of aliphatic carboxylic acids is 1. The number of likely N-dealkylation sites (tertiary alicyclic amines) is 1. The first kappa shape index (κ1) is 14.1. The van der Waals surface area contributed by atoms with E-state index in [1.54, 1.807) is 0 Å². The van der Waals surface area contributed by atoms with Crippen LogP contribution in [0.4, 0.5) is 0 Å². The molecule has 0 aliphatic carbocycles. The summed E-state index contributed by atoms with van der Waals surface area (Å²) in [6, 6.07) is 6.62. The van der Waals surface area contributed by atoms with E-state index >= 15 is 0 Å². The van der Waals surface area contributed by atoms with Gasteiger partial charge in [-0.2, -0.15) is 0 Å². The van der Waals surface area contributed by atoms with Gasteiger partial charge in [0.1, 0.15) is 0 Å². The Morgan fingerprint density at radius 2 is 1.74 bits per heavy atom. The van der Waals surface area contributed by atoms with Crippen molar-refractivity contribution in [2.45, 2.75) is 40.2 Å². The maximum atomic E-state index is 11.2. The maximum absolute atomic E-state index is 11.2. The van der Waals surface area contributed by atoms with Gasteiger partial charge in [0.2, 0.25) is 0 Å². The maximum Gasteiger partial charge on any atom is 0.309 e. The molecule has 0 amide bonds. The van der Waals surface area contributed by atoms with E-state index < -0.39 is 11.4 Å². The molecule has 0 unspecified atom stereocenters. The molecular formula is C16H23NO2. The molecule has 3 nitrogen and oxygen atoms in total. The number of hydrogen-bond acceptors (Lipinski definition) is 2. The first-order chi connectivity index (χ1) is 8.89. The van der Waals surface area contributed by atoms with E-state index in [-0.39, 0.29) is 0 Å². The molecule has 1 heterocycles. The first-order valence-corrected chi connectivity index (χ1v) is 6.92. The topological polar surface area (TPSA) is 40.5 Å². The highest BCUT2D eigenvalue weighted by Crippen LogP contribution is 2.31. The van der Waals surface area contributed by atoms with Crippen LogP contribution < -0.4 is 0 Å². The van der Waals surface area contributed by atoms with E-state index in [1.165, 1.54) is 16.7 Å². The summed E-state index contributed by atoms with van der Waals surface area (Å²) in [5.41, 5.74) is 3.39. The molecule has 1 aromatic carbocycles. The molecule has 3 heteroatoms. The van der Waals surface area contributed by atoms with E-state index in [0.29, 0.717) is 0 Å². The number of benzene rings is 1. The van der Waals surface area contributed by atoms with Crippen molar-refractivity contribution in [3.63, 3.8) is 0 Å². The number of hydrogen-bond donors (Lipinski definition) is 1. The van der Waals surface area contributed by atoms with E-state index in [1.807, 2.05) is 6.92 Å².